The Morgan fingerprint density at radius 3 is 2.32 bits per heavy atom. The van der Waals surface area contributed by atoms with Gasteiger partial charge in [0.15, 0.2) is 23.9 Å². The monoisotopic (exact) mass is 404 g/mol. The zero-order valence-electron chi connectivity index (χ0n) is 13.8. The van der Waals surface area contributed by atoms with Crippen LogP contribution in [0.4, 0.5) is 0 Å². The van der Waals surface area contributed by atoms with Crippen molar-refractivity contribution in [2.24, 2.45) is 0 Å². The van der Waals surface area contributed by atoms with E-state index in [1.165, 1.54) is 13.2 Å². The highest BCUT2D eigenvalue weighted by atomic mass is 79.9. The van der Waals surface area contributed by atoms with Crippen LogP contribution in [0.25, 0.3) is 6.08 Å². The van der Waals surface area contributed by atoms with Gasteiger partial charge in [-0.05, 0) is 35.9 Å². The molecule has 0 fully saturated rings. The van der Waals surface area contributed by atoms with Crippen LogP contribution in [-0.4, -0.2) is 32.6 Å². The first-order valence-electron chi connectivity index (χ1n) is 7.39. The number of carbonyl (C=O) groups excluding carboxylic acids is 2. The van der Waals surface area contributed by atoms with Gasteiger partial charge in [0.1, 0.15) is 0 Å². The SMILES string of the molecule is COc1ccc(C=CC(=O)OCC(=O)c2ccc(Br)cc2)cc1OC. The van der Waals surface area contributed by atoms with E-state index in [0.717, 1.165) is 10.0 Å². The number of methoxy groups -OCH3 is 2. The second-order valence-electron chi connectivity index (χ2n) is 4.99. The van der Waals surface area contributed by atoms with Crippen molar-refractivity contribution in [3.63, 3.8) is 0 Å². The van der Waals surface area contributed by atoms with Gasteiger partial charge in [-0.15, -0.1) is 0 Å². The predicted octanol–water partition coefficient (Wildman–Crippen LogP) is 3.91. The highest BCUT2D eigenvalue weighted by Crippen LogP contribution is 2.27. The van der Waals surface area contributed by atoms with Crippen molar-refractivity contribution in [2.75, 3.05) is 20.8 Å². The Morgan fingerprint density at radius 2 is 1.68 bits per heavy atom. The lowest BCUT2D eigenvalue weighted by molar-refractivity contribution is -0.136. The predicted molar refractivity (Wildman–Crippen MR) is 98.0 cm³/mol. The first-order chi connectivity index (χ1) is 12.0. The molecule has 0 aromatic heterocycles. The maximum atomic E-state index is 11.9. The minimum Gasteiger partial charge on any atom is -0.493 e. The van der Waals surface area contributed by atoms with Gasteiger partial charge >= 0.3 is 5.97 Å². The Balaban J connectivity index is 1.92. The van der Waals surface area contributed by atoms with Gasteiger partial charge in [0, 0.05) is 16.1 Å². The molecule has 0 radical (unpaired) electrons. The molecule has 5 nitrogen and oxygen atoms in total. The molecule has 130 valence electrons. The zero-order valence-corrected chi connectivity index (χ0v) is 15.4. The molecule has 6 heteroatoms. The molecule has 0 atom stereocenters. The van der Waals surface area contributed by atoms with Gasteiger partial charge in [0.2, 0.25) is 0 Å². The number of Topliss-reactive ketones (excluding diaryl/α,β-unsaturated/α-hetero) is 1. The molecule has 25 heavy (non-hydrogen) atoms. The van der Waals surface area contributed by atoms with E-state index in [4.69, 9.17) is 14.2 Å². The van der Waals surface area contributed by atoms with Crippen LogP contribution in [0, 0.1) is 0 Å². The number of ether oxygens (including phenoxy) is 3. The third-order valence-corrected chi connectivity index (χ3v) is 3.86. The Kier molecular flexibility index (Phi) is 6.77. The maximum absolute atomic E-state index is 11.9. The summed E-state index contributed by atoms with van der Waals surface area (Å²) in [5, 5.41) is 0. The summed E-state index contributed by atoms with van der Waals surface area (Å²) in [4.78, 5) is 23.7. The van der Waals surface area contributed by atoms with E-state index in [9.17, 15) is 9.59 Å². The Hall–Kier alpha value is -2.60. The van der Waals surface area contributed by atoms with Crippen molar-refractivity contribution >= 4 is 33.8 Å². The summed E-state index contributed by atoms with van der Waals surface area (Å²) in [6.07, 6.45) is 2.84. The molecule has 0 saturated carbocycles. The topological polar surface area (TPSA) is 61.8 Å². The second-order valence-corrected chi connectivity index (χ2v) is 5.90. The summed E-state index contributed by atoms with van der Waals surface area (Å²) in [6, 6.07) is 12.1. The number of hydrogen-bond donors (Lipinski definition) is 0. The van der Waals surface area contributed by atoms with E-state index < -0.39 is 5.97 Å². The van der Waals surface area contributed by atoms with E-state index in [1.54, 1.807) is 55.7 Å². The number of rotatable bonds is 7. The maximum Gasteiger partial charge on any atom is 0.331 e. The molecule has 0 N–H and O–H groups in total. The van der Waals surface area contributed by atoms with Crippen LogP contribution in [0.1, 0.15) is 15.9 Å². The van der Waals surface area contributed by atoms with Gasteiger partial charge in [0.05, 0.1) is 14.2 Å². The van der Waals surface area contributed by atoms with Crippen molar-refractivity contribution in [2.45, 2.75) is 0 Å². The minimum absolute atomic E-state index is 0.264. The molecule has 0 aliphatic rings. The van der Waals surface area contributed by atoms with Crippen LogP contribution in [0.15, 0.2) is 53.0 Å². The van der Waals surface area contributed by atoms with Crippen molar-refractivity contribution in [3.8, 4) is 11.5 Å². The third kappa shape index (κ3) is 5.46. The first-order valence-corrected chi connectivity index (χ1v) is 8.18. The summed E-state index contributed by atoms with van der Waals surface area (Å²) in [7, 11) is 3.08. The number of esters is 1. The lowest BCUT2D eigenvalue weighted by atomic mass is 10.1. The summed E-state index contributed by atoms with van der Waals surface area (Å²) in [5.41, 5.74) is 1.23. The largest absolute Gasteiger partial charge is 0.493 e. The van der Waals surface area contributed by atoms with Crippen LogP contribution < -0.4 is 9.47 Å². The molecule has 0 saturated heterocycles. The van der Waals surface area contributed by atoms with Gasteiger partial charge in [-0.3, -0.25) is 4.79 Å². The van der Waals surface area contributed by atoms with E-state index in [1.807, 2.05) is 0 Å². The van der Waals surface area contributed by atoms with E-state index in [0.29, 0.717) is 17.1 Å². The molecule has 0 heterocycles. The van der Waals surface area contributed by atoms with Crippen LogP contribution in [0.2, 0.25) is 0 Å². The van der Waals surface area contributed by atoms with Crippen molar-refractivity contribution in [1.29, 1.82) is 0 Å². The van der Waals surface area contributed by atoms with Crippen LogP contribution in [0.5, 0.6) is 11.5 Å². The lowest BCUT2D eigenvalue weighted by Crippen LogP contribution is -2.12. The first kappa shape index (κ1) is 18.7. The fourth-order valence-corrected chi connectivity index (χ4v) is 2.29. The fraction of sp³-hybridized carbons (Fsp3) is 0.158. The fourth-order valence-electron chi connectivity index (χ4n) is 2.02. The van der Waals surface area contributed by atoms with E-state index in [-0.39, 0.29) is 12.4 Å². The molecular formula is C19H17BrO5. The molecular weight excluding hydrogens is 388 g/mol. The number of ketones is 1. The average molecular weight is 405 g/mol. The minimum atomic E-state index is -0.597. The smallest absolute Gasteiger partial charge is 0.331 e. The number of carbonyl (C=O) groups is 2. The van der Waals surface area contributed by atoms with E-state index >= 15 is 0 Å². The highest BCUT2D eigenvalue weighted by Gasteiger charge is 2.08. The zero-order chi connectivity index (χ0) is 18.2. The lowest BCUT2D eigenvalue weighted by Gasteiger charge is -2.07. The summed E-state index contributed by atoms with van der Waals surface area (Å²) < 4.78 is 16.2. The Morgan fingerprint density at radius 1 is 1.00 bits per heavy atom. The highest BCUT2D eigenvalue weighted by molar-refractivity contribution is 9.10. The van der Waals surface area contributed by atoms with Crippen molar-refractivity contribution in [3.05, 3.63) is 64.1 Å². The van der Waals surface area contributed by atoms with E-state index in [2.05, 4.69) is 15.9 Å². The van der Waals surface area contributed by atoms with Crippen molar-refractivity contribution in [1.82, 2.24) is 0 Å². The molecule has 0 aliphatic heterocycles. The van der Waals surface area contributed by atoms with Gasteiger partial charge < -0.3 is 14.2 Å². The Bertz CT molecular complexity index is 781. The molecule has 0 unspecified atom stereocenters. The van der Waals surface area contributed by atoms with Crippen LogP contribution in [-0.2, 0) is 9.53 Å². The molecule has 2 aromatic rings. The van der Waals surface area contributed by atoms with Gasteiger partial charge in [-0.1, -0.05) is 34.1 Å². The molecule has 0 spiro atoms. The van der Waals surface area contributed by atoms with Crippen LogP contribution in [0.3, 0.4) is 0 Å². The molecule has 2 aromatic carbocycles. The summed E-state index contributed by atoms with van der Waals surface area (Å²) in [6.45, 7) is -0.309. The number of benzene rings is 2. The van der Waals surface area contributed by atoms with Gasteiger partial charge in [0.25, 0.3) is 0 Å². The Labute approximate surface area is 154 Å². The van der Waals surface area contributed by atoms with Crippen molar-refractivity contribution < 1.29 is 23.8 Å². The molecule has 2 rings (SSSR count). The van der Waals surface area contributed by atoms with Gasteiger partial charge in [-0.2, -0.15) is 0 Å². The molecule has 0 bridgehead atoms. The average Bonchev–Trinajstić information content (AvgIpc) is 2.64. The summed E-state index contributed by atoms with van der Waals surface area (Å²) in [5.74, 6) is 0.298. The summed E-state index contributed by atoms with van der Waals surface area (Å²) >= 11 is 3.30. The normalized spacial score (nSPS) is 10.5. The number of halogens is 1. The van der Waals surface area contributed by atoms with Gasteiger partial charge in [-0.25, -0.2) is 4.79 Å². The second kappa shape index (κ2) is 9.03. The molecule has 0 aliphatic carbocycles. The third-order valence-electron chi connectivity index (χ3n) is 3.33. The molecule has 0 amide bonds. The van der Waals surface area contributed by atoms with Crippen LogP contribution >= 0.6 is 15.9 Å². The number of hydrogen-bond acceptors (Lipinski definition) is 5. The quantitative estimate of drug-likeness (QED) is 0.397. The standard InChI is InChI=1S/C19H17BrO5/c1-23-17-9-3-13(11-18(17)24-2)4-10-19(22)25-12-16(21)14-5-7-15(20)8-6-14/h3-11H,12H2,1-2H3.